The van der Waals surface area contributed by atoms with Gasteiger partial charge in [-0.1, -0.05) is 19.8 Å². The van der Waals surface area contributed by atoms with Crippen molar-refractivity contribution in [2.45, 2.75) is 39.0 Å². The molecule has 0 radical (unpaired) electrons. The zero-order valence-corrected chi connectivity index (χ0v) is 9.65. The van der Waals surface area contributed by atoms with Gasteiger partial charge in [-0.05, 0) is 32.4 Å². The van der Waals surface area contributed by atoms with Crippen molar-refractivity contribution in [2.24, 2.45) is 0 Å². The monoisotopic (exact) mass is 223 g/mol. The lowest BCUT2D eigenvalue weighted by atomic mass is 10.2. The molecule has 0 aromatic heterocycles. The molecule has 14 heavy (non-hydrogen) atoms. The van der Waals surface area contributed by atoms with Crippen LogP contribution in [-0.2, 0) is 10.1 Å². The molecule has 86 valence electrons. The number of unbranched alkanes of at least 4 members (excludes halogenated alkanes) is 1. The normalized spacial score (nSPS) is 17.0. The van der Waals surface area contributed by atoms with Crippen molar-refractivity contribution in [1.82, 2.24) is 5.32 Å². The Morgan fingerprint density at radius 2 is 1.79 bits per heavy atom. The second kappa shape index (κ2) is 8.20. The van der Waals surface area contributed by atoms with Gasteiger partial charge >= 0.3 is 0 Å². The predicted molar refractivity (Wildman–Crippen MR) is 58.0 cm³/mol. The van der Waals surface area contributed by atoms with Gasteiger partial charge in [-0.25, -0.2) is 0 Å². The average molecular weight is 223 g/mol. The van der Waals surface area contributed by atoms with E-state index in [0.717, 1.165) is 6.42 Å². The Morgan fingerprint density at radius 3 is 1.93 bits per heavy atom. The molecule has 0 amide bonds. The average Bonchev–Trinajstić information content (AvgIpc) is 2.17. The maximum absolute atomic E-state index is 9.95. The third-order valence-electron chi connectivity index (χ3n) is 1.96. The fraction of sp³-hybridized carbons (Fsp3) is 1.00. The van der Waals surface area contributed by atoms with E-state index in [1.54, 1.807) is 0 Å². The van der Waals surface area contributed by atoms with Crippen LogP contribution in [0.25, 0.3) is 0 Å². The molecule has 1 aliphatic rings. The quantitative estimate of drug-likeness (QED) is 0.710. The van der Waals surface area contributed by atoms with Gasteiger partial charge < -0.3 is 5.32 Å². The van der Waals surface area contributed by atoms with Crippen molar-refractivity contribution < 1.29 is 13.0 Å². The number of rotatable bonds is 3. The van der Waals surface area contributed by atoms with Gasteiger partial charge in [0.05, 0.1) is 5.75 Å². The zero-order valence-electron chi connectivity index (χ0n) is 8.83. The van der Waals surface area contributed by atoms with E-state index in [4.69, 9.17) is 4.55 Å². The summed E-state index contributed by atoms with van der Waals surface area (Å²) in [6.45, 7) is 4.37. The van der Waals surface area contributed by atoms with E-state index >= 15 is 0 Å². The first-order chi connectivity index (χ1) is 6.56. The minimum absolute atomic E-state index is 0.108. The summed E-state index contributed by atoms with van der Waals surface area (Å²) in [5.74, 6) is -0.108. The molecule has 1 rings (SSSR count). The molecule has 1 saturated heterocycles. The van der Waals surface area contributed by atoms with Gasteiger partial charge in [0.1, 0.15) is 0 Å². The van der Waals surface area contributed by atoms with Gasteiger partial charge in [-0.2, -0.15) is 8.42 Å². The van der Waals surface area contributed by atoms with Crippen molar-refractivity contribution in [2.75, 3.05) is 18.8 Å². The first-order valence-electron chi connectivity index (χ1n) is 5.22. The fourth-order valence-corrected chi connectivity index (χ4v) is 1.78. The smallest absolute Gasteiger partial charge is 0.264 e. The van der Waals surface area contributed by atoms with E-state index < -0.39 is 10.1 Å². The van der Waals surface area contributed by atoms with Gasteiger partial charge in [-0.15, -0.1) is 0 Å². The summed E-state index contributed by atoms with van der Waals surface area (Å²) >= 11 is 0. The summed E-state index contributed by atoms with van der Waals surface area (Å²) in [5, 5.41) is 3.28. The third kappa shape index (κ3) is 11.9. The van der Waals surface area contributed by atoms with Crippen LogP contribution in [0.1, 0.15) is 39.0 Å². The van der Waals surface area contributed by atoms with Crippen LogP contribution in [0.2, 0.25) is 0 Å². The standard InChI is InChI=1S/C5H11N.C4H10O3S/c1-2-4-6-5-3-1;1-2-3-4-8(5,6)7/h6H,1-5H2;2-4H2,1H3,(H,5,6,7). The molecule has 0 atom stereocenters. The Kier molecular flexibility index (Phi) is 8.12. The van der Waals surface area contributed by atoms with Crippen molar-refractivity contribution in [3.05, 3.63) is 0 Å². The van der Waals surface area contributed by atoms with Crippen molar-refractivity contribution in [3.8, 4) is 0 Å². The molecule has 0 bridgehead atoms. The summed E-state index contributed by atoms with van der Waals surface area (Å²) in [6.07, 6.45) is 5.55. The van der Waals surface area contributed by atoms with E-state index in [-0.39, 0.29) is 5.75 Å². The predicted octanol–water partition coefficient (Wildman–Crippen LogP) is 1.43. The van der Waals surface area contributed by atoms with Gasteiger partial charge in [0, 0.05) is 0 Å². The molecule has 0 saturated carbocycles. The highest BCUT2D eigenvalue weighted by Crippen LogP contribution is 1.96. The number of piperidine rings is 1. The van der Waals surface area contributed by atoms with Crippen LogP contribution in [-0.4, -0.2) is 31.8 Å². The van der Waals surface area contributed by atoms with Crippen molar-refractivity contribution in [1.29, 1.82) is 0 Å². The van der Waals surface area contributed by atoms with Gasteiger partial charge in [-0.3, -0.25) is 4.55 Å². The number of hydrogen-bond acceptors (Lipinski definition) is 3. The molecule has 0 aromatic rings. The summed E-state index contributed by atoms with van der Waals surface area (Å²) in [4.78, 5) is 0. The summed E-state index contributed by atoms with van der Waals surface area (Å²) in [6, 6.07) is 0. The van der Waals surface area contributed by atoms with Crippen LogP contribution >= 0.6 is 0 Å². The Labute approximate surface area is 86.8 Å². The Bertz CT molecular complexity index is 199. The molecular weight excluding hydrogens is 202 g/mol. The van der Waals surface area contributed by atoms with Crippen LogP contribution in [0, 0.1) is 0 Å². The third-order valence-corrected chi connectivity index (χ3v) is 2.77. The molecule has 4 nitrogen and oxygen atoms in total. The van der Waals surface area contributed by atoms with Crippen LogP contribution in [0.3, 0.4) is 0 Å². The topological polar surface area (TPSA) is 66.4 Å². The van der Waals surface area contributed by atoms with Crippen LogP contribution < -0.4 is 5.32 Å². The lowest BCUT2D eigenvalue weighted by Crippen LogP contribution is -2.21. The molecule has 1 fully saturated rings. The number of hydrogen-bond donors (Lipinski definition) is 2. The maximum Gasteiger partial charge on any atom is 0.264 e. The second-order valence-electron chi connectivity index (χ2n) is 3.45. The molecule has 5 heteroatoms. The van der Waals surface area contributed by atoms with Crippen LogP contribution in [0.15, 0.2) is 0 Å². The van der Waals surface area contributed by atoms with E-state index in [1.165, 1.54) is 32.4 Å². The molecule has 0 aliphatic carbocycles. The Hall–Kier alpha value is -0.130. The lowest BCUT2D eigenvalue weighted by molar-refractivity contribution is 0.480. The highest BCUT2D eigenvalue weighted by atomic mass is 32.2. The van der Waals surface area contributed by atoms with Crippen molar-refractivity contribution >= 4 is 10.1 Å². The largest absolute Gasteiger partial charge is 0.317 e. The Morgan fingerprint density at radius 1 is 1.21 bits per heavy atom. The molecule has 0 unspecified atom stereocenters. The maximum atomic E-state index is 9.95. The molecule has 1 aliphatic heterocycles. The molecular formula is C9H21NO3S. The van der Waals surface area contributed by atoms with Gasteiger partial charge in [0.25, 0.3) is 10.1 Å². The lowest BCUT2D eigenvalue weighted by Gasteiger charge is -2.08. The van der Waals surface area contributed by atoms with E-state index in [1.807, 2.05) is 6.92 Å². The van der Waals surface area contributed by atoms with Crippen molar-refractivity contribution in [3.63, 3.8) is 0 Å². The highest BCUT2D eigenvalue weighted by Gasteiger charge is 2.00. The van der Waals surface area contributed by atoms with E-state index in [0.29, 0.717) is 6.42 Å². The summed E-state index contributed by atoms with van der Waals surface area (Å²) in [5.41, 5.74) is 0. The zero-order chi connectivity index (χ0) is 10.9. The first kappa shape index (κ1) is 13.9. The summed E-state index contributed by atoms with van der Waals surface area (Å²) in [7, 11) is -3.69. The molecule has 0 aromatic carbocycles. The SMILES string of the molecule is C1CCNCC1.CCCCS(=O)(=O)O. The minimum atomic E-state index is -3.69. The first-order valence-corrected chi connectivity index (χ1v) is 6.83. The highest BCUT2D eigenvalue weighted by molar-refractivity contribution is 7.85. The molecule has 1 heterocycles. The molecule has 0 spiro atoms. The van der Waals surface area contributed by atoms with Gasteiger partial charge in [0.15, 0.2) is 0 Å². The van der Waals surface area contributed by atoms with E-state index in [2.05, 4.69) is 5.32 Å². The summed E-state index contributed by atoms with van der Waals surface area (Å²) < 4.78 is 28.0. The van der Waals surface area contributed by atoms with Crippen LogP contribution in [0.4, 0.5) is 0 Å². The molecule has 2 N–H and O–H groups in total. The van der Waals surface area contributed by atoms with Crippen LogP contribution in [0.5, 0.6) is 0 Å². The second-order valence-corrected chi connectivity index (χ2v) is 5.02. The van der Waals surface area contributed by atoms with E-state index in [9.17, 15) is 8.42 Å². The minimum Gasteiger partial charge on any atom is -0.317 e. The van der Waals surface area contributed by atoms with Gasteiger partial charge in [0.2, 0.25) is 0 Å². The number of nitrogens with one attached hydrogen (secondary N) is 1. The Balaban J connectivity index is 0.000000249. The fourth-order valence-electron chi connectivity index (χ4n) is 1.13.